The molecule has 0 atom stereocenters. The van der Waals surface area contributed by atoms with Crippen LogP contribution in [-0.4, -0.2) is 34.0 Å². The van der Waals surface area contributed by atoms with E-state index in [2.05, 4.69) is 32.2 Å². The summed E-state index contributed by atoms with van der Waals surface area (Å²) in [5.41, 5.74) is 4.46. The number of hydrogen-bond donors (Lipinski definition) is 1. The molecular formula is C13H19N5. The Kier molecular flexibility index (Phi) is 3.60. The molecule has 0 aliphatic heterocycles. The number of aryl methyl sites for hydroxylation is 3. The lowest BCUT2D eigenvalue weighted by molar-refractivity contribution is 0.828. The number of rotatable bonds is 4. The summed E-state index contributed by atoms with van der Waals surface area (Å²) in [6.45, 7) is 6.93. The van der Waals surface area contributed by atoms with Crippen LogP contribution in [0.3, 0.4) is 0 Å². The van der Waals surface area contributed by atoms with E-state index >= 15 is 0 Å². The Morgan fingerprint density at radius 3 is 2.50 bits per heavy atom. The van der Waals surface area contributed by atoms with Gasteiger partial charge in [0.2, 0.25) is 0 Å². The Balaban J connectivity index is 2.00. The van der Waals surface area contributed by atoms with E-state index in [9.17, 15) is 0 Å². The molecule has 0 unspecified atom stereocenters. The van der Waals surface area contributed by atoms with Gasteiger partial charge < -0.3 is 4.90 Å². The third-order valence-electron chi connectivity index (χ3n) is 3.15. The zero-order valence-corrected chi connectivity index (χ0v) is 11.4. The Labute approximate surface area is 107 Å². The highest BCUT2D eigenvalue weighted by atomic mass is 15.2. The fourth-order valence-corrected chi connectivity index (χ4v) is 1.93. The highest BCUT2D eigenvalue weighted by Gasteiger charge is 2.08. The Morgan fingerprint density at radius 1 is 1.17 bits per heavy atom. The first kappa shape index (κ1) is 12.5. The van der Waals surface area contributed by atoms with Crippen LogP contribution >= 0.6 is 0 Å². The van der Waals surface area contributed by atoms with Gasteiger partial charge in [-0.15, -0.1) is 5.10 Å². The highest BCUT2D eigenvalue weighted by molar-refractivity contribution is 5.36. The molecule has 0 aromatic carbocycles. The van der Waals surface area contributed by atoms with Gasteiger partial charge in [-0.1, -0.05) is 0 Å². The fraction of sp³-hybridized carbons (Fsp3) is 0.462. The number of nitrogens with one attached hydrogen (secondary N) is 1. The van der Waals surface area contributed by atoms with Crippen LogP contribution in [0.15, 0.2) is 12.1 Å². The standard InChI is InChI=1S/C13H19N5/c1-9-5-6-13(17-14-9)18(4)8-7-12-10(2)15-16-11(12)3/h5-6H,7-8H2,1-4H3,(H,15,16). The van der Waals surface area contributed by atoms with Gasteiger partial charge >= 0.3 is 0 Å². The quantitative estimate of drug-likeness (QED) is 0.892. The van der Waals surface area contributed by atoms with Crippen LogP contribution in [0.25, 0.3) is 0 Å². The largest absolute Gasteiger partial charge is 0.358 e. The smallest absolute Gasteiger partial charge is 0.150 e. The fourth-order valence-electron chi connectivity index (χ4n) is 1.93. The van der Waals surface area contributed by atoms with Gasteiger partial charge in [0.1, 0.15) is 0 Å². The van der Waals surface area contributed by atoms with Crippen LogP contribution in [0.2, 0.25) is 0 Å². The average Bonchev–Trinajstić information content (AvgIpc) is 2.67. The van der Waals surface area contributed by atoms with Crippen molar-refractivity contribution in [2.75, 3.05) is 18.5 Å². The Bertz CT molecular complexity index is 495. The molecule has 2 aromatic heterocycles. The average molecular weight is 245 g/mol. The van der Waals surface area contributed by atoms with Crippen molar-refractivity contribution >= 4 is 5.82 Å². The van der Waals surface area contributed by atoms with Crippen LogP contribution in [0.4, 0.5) is 5.82 Å². The van der Waals surface area contributed by atoms with Crippen LogP contribution < -0.4 is 4.90 Å². The summed E-state index contributed by atoms with van der Waals surface area (Å²) in [6.07, 6.45) is 0.959. The van der Waals surface area contributed by atoms with E-state index in [1.807, 2.05) is 33.0 Å². The molecule has 2 aromatic rings. The summed E-state index contributed by atoms with van der Waals surface area (Å²) < 4.78 is 0. The zero-order valence-electron chi connectivity index (χ0n) is 11.4. The normalized spacial score (nSPS) is 10.7. The maximum absolute atomic E-state index is 4.21. The minimum absolute atomic E-state index is 0.902. The SMILES string of the molecule is Cc1ccc(N(C)CCc2c(C)n[nH]c2C)nn1. The van der Waals surface area contributed by atoms with Crippen molar-refractivity contribution in [3.8, 4) is 0 Å². The number of H-pyrrole nitrogens is 1. The number of nitrogens with zero attached hydrogens (tertiary/aromatic N) is 4. The van der Waals surface area contributed by atoms with Crippen molar-refractivity contribution in [2.24, 2.45) is 0 Å². The molecule has 0 amide bonds. The highest BCUT2D eigenvalue weighted by Crippen LogP contribution is 2.13. The molecule has 96 valence electrons. The van der Waals surface area contributed by atoms with Crippen molar-refractivity contribution in [1.29, 1.82) is 0 Å². The number of anilines is 1. The number of hydrogen-bond acceptors (Lipinski definition) is 4. The minimum Gasteiger partial charge on any atom is -0.358 e. The van der Waals surface area contributed by atoms with Crippen LogP contribution in [0.5, 0.6) is 0 Å². The van der Waals surface area contributed by atoms with Gasteiger partial charge in [0, 0.05) is 19.3 Å². The summed E-state index contributed by atoms with van der Waals surface area (Å²) in [4.78, 5) is 2.11. The molecule has 2 rings (SSSR count). The lowest BCUT2D eigenvalue weighted by Gasteiger charge is -2.17. The molecule has 0 fully saturated rings. The van der Waals surface area contributed by atoms with Crippen molar-refractivity contribution in [3.05, 3.63) is 34.8 Å². The Hall–Kier alpha value is -1.91. The molecule has 5 heteroatoms. The summed E-state index contributed by atoms with van der Waals surface area (Å²) in [5.74, 6) is 0.902. The van der Waals surface area contributed by atoms with Gasteiger partial charge in [-0.2, -0.15) is 10.2 Å². The summed E-state index contributed by atoms with van der Waals surface area (Å²) in [6, 6.07) is 3.98. The van der Waals surface area contributed by atoms with Gasteiger partial charge in [-0.3, -0.25) is 5.10 Å². The lowest BCUT2D eigenvalue weighted by Crippen LogP contribution is -2.22. The zero-order chi connectivity index (χ0) is 13.1. The Morgan fingerprint density at radius 2 is 1.94 bits per heavy atom. The molecule has 1 N–H and O–H groups in total. The molecule has 2 heterocycles. The van der Waals surface area contributed by atoms with Crippen LogP contribution in [-0.2, 0) is 6.42 Å². The van der Waals surface area contributed by atoms with Crippen LogP contribution in [0, 0.1) is 20.8 Å². The van der Waals surface area contributed by atoms with Crippen molar-refractivity contribution in [3.63, 3.8) is 0 Å². The van der Waals surface area contributed by atoms with Gasteiger partial charge in [-0.25, -0.2) is 0 Å². The van der Waals surface area contributed by atoms with E-state index in [1.165, 1.54) is 5.56 Å². The van der Waals surface area contributed by atoms with Gasteiger partial charge in [0.05, 0.1) is 11.4 Å². The maximum Gasteiger partial charge on any atom is 0.150 e. The second kappa shape index (κ2) is 5.16. The predicted molar refractivity (Wildman–Crippen MR) is 71.8 cm³/mol. The van der Waals surface area contributed by atoms with E-state index in [-0.39, 0.29) is 0 Å². The summed E-state index contributed by atoms with van der Waals surface area (Å²) in [7, 11) is 2.03. The topological polar surface area (TPSA) is 57.7 Å². The minimum atomic E-state index is 0.902. The molecule has 0 radical (unpaired) electrons. The van der Waals surface area contributed by atoms with E-state index in [0.717, 1.165) is 35.9 Å². The van der Waals surface area contributed by atoms with E-state index < -0.39 is 0 Å². The summed E-state index contributed by atoms with van der Waals surface area (Å²) >= 11 is 0. The van der Waals surface area contributed by atoms with Crippen LogP contribution in [0.1, 0.15) is 22.6 Å². The van der Waals surface area contributed by atoms with Gasteiger partial charge in [0.25, 0.3) is 0 Å². The number of aromatic amines is 1. The monoisotopic (exact) mass is 245 g/mol. The molecule has 0 bridgehead atoms. The predicted octanol–water partition coefficient (Wildman–Crippen LogP) is 1.80. The third kappa shape index (κ3) is 2.67. The van der Waals surface area contributed by atoms with E-state index in [4.69, 9.17) is 0 Å². The van der Waals surface area contributed by atoms with Crippen molar-refractivity contribution in [2.45, 2.75) is 27.2 Å². The third-order valence-corrected chi connectivity index (χ3v) is 3.15. The first-order valence-electron chi connectivity index (χ1n) is 6.10. The lowest BCUT2D eigenvalue weighted by atomic mass is 10.1. The molecule has 18 heavy (non-hydrogen) atoms. The molecule has 0 aliphatic carbocycles. The second-order valence-electron chi connectivity index (χ2n) is 4.62. The summed E-state index contributed by atoms with van der Waals surface area (Å²) in [5, 5.41) is 15.5. The van der Waals surface area contributed by atoms with Crippen molar-refractivity contribution in [1.82, 2.24) is 20.4 Å². The molecule has 0 aliphatic rings. The first-order chi connectivity index (χ1) is 8.58. The first-order valence-corrected chi connectivity index (χ1v) is 6.10. The maximum atomic E-state index is 4.21. The van der Waals surface area contributed by atoms with Gasteiger partial charge in [0.15, 0.2) is 5.82 Å². The second-order valence-corrected chi connectivity index (χ2v) is 4.62. The van der Waals surface area contributed by atoms with Crippen molar-refractivity contribution < 1.29 is 0 Å². The molecule has 0 saturated carbocycles. The number of likely N-dealkylation sites (N-methyl/N-ethyl adjacent to an activating group) is 1. The molecular weight excluding hydrogens is 226 g/mol. The van der Waals surface area contributed by atoms with Gasteiger partial charge in [-0.05, 0) is 44.9 Å². The molecule has 0 spiro atoms. The van der Waals surface area contributed by atoms with E-state index in [1.54, 1.807) is 0 Å². The van der Waals surface area contributed by atoms with E-state index in [0.29, 0.717) is 0 Å². The number of aromatic nitrogens is 4. The molecule has 5 nitrogen and oxygen atoms in total. The molecule has 0 saturated heterocycles.